The van der Waals surface area contributed by atoms with Gasteiger partial charge in [0, 0.05) is 32.2 Å². The Bertz CT molecular complexity index is 680. The van der Waals surface area contributed by atoms with Crippen LogP contribution in [0.2, 0.25) is 0 Å². The largest absolute Gasteiger partial charge is 0.484 e. The van der Waals surface area contributed by atoms with Gasteiger partial charge < -0.3 is 25.4 Å². The Hall–Kier alpha value is -1.92. The standard InChI is InChI=1S/C19H29F3N4O3.HI/c1-18(2,3)29-17(27)25-11-7-10-24-16(23-4)26-12-14-8-5-6-9-15(14)28-13-19(20,21)22;/h5-6,8-9H,7,10-13H2,1-4H3,(H,25,27)(H2,23,24,26);1H. The van der Waals surface area contributed by atoms with Crippen LogP contribution < -0.4 is 20.7 Å². The Labute approximate surface area is 192 Å². The second-order valence-corrected chi connectivity index (χ2v) is 7.15. The minimum atomic E-state index is -4.40. The van der Waals surface area contributed by atoms with Crippen LogP contribution in [0.4, 0.5) is 18.0 Å². The highest BCUT2D eigenvalue weighted by Gasteiger charge is 2.28. The second-order valence-electron chi connectivity index (χ2n) is 7.15. The van der Waals surface area contributed by atoms with E-state index in [0.717, 1.165) is 0 Å². The summed E-state index contributed by atoms with van der Waals surface area (Å²) in [5, 5.41) is 8.74. The predicted octanol–water partition coefficient (Wildman–Crippen LogP) is 3.83. The number of carbonyl (C=O) groups excluding carboxylic acids is 1. The van der Waals surface area contributed by atoms with Crippen LogP contribution in [0, 0.1) is 0 Å². The van der Waals surface area contributed by atoms with E-state index >= 15 is 0 Å². The number of nitrogens with zero attached hydrogens (tertiary/aromatic N) is 1. The van der Waals surface area contributed by atoms with E-state index in [2.05, 4.69) is 20.9 Å². The molecule has 0 heterocycles. The van der Waals surface area contributed by atoms with Gasteiger partial charge in [-0.3, -0.25) is 4.99 Å². The molecule has 0 radical (unpaired) electrons. The van der Waals surface area contributed by atoms with Gasteiger partial charge in [0.05, 0.1) is 0 Å². The molecule has 0 bridgehead atoms. The van der Waals surface area contributed by atoms with E-state index in [4.69, 9.17) is 9.47 Å². The number of hydrogen-bond donors (Lipinski definition) is 3. The highest BCUT2D eigenvalue weighted by molar-refractivity contribution is 14.0. The number of aliphatic imine (C=N–C) groups is 1. The Kier molecular flexibility index (Phi) is 12.5. The lowest BCUT2D eigenvalue weighted by Gasteiger charge is -2.19. The summed E-state index contributed by atoms with van der Waals surface area (Å²) in [5.41, 5.74) is 0.0280. The monoisotopic (exact) mass is 546 g/mol. The lowest BCUT2D eigenvalue weighted by molar-refractivity contribution is -0.153. The van der Waals surface area contributed by atoms with Gasteiger partial charge in [0.1, 0.15) is 11.4 Å². The van der Waals surface area contributed by atoms with Crippen LogP contribution in [0.1, 0.15) is 32.8 Å². The molecule has 0 unspecified atom stereocenters. The quantitative estimate of drug-likeness (QED) is 0.200. The molecular formula is C19H30F3IN4O3. The molecule has 1 amide bonds. The van der Waals surface area contributed by atoms with E-state index in [1.807, 2.05) is 0 Å². The molecule has 172 valence electrons. The molecule has 3 N–H and O–H groups in total. The van der Waals surface area contributed by atoms with Crippen molar-refractivity contribution >= 4 is 36.0 Å². The van der Waals surface area contributed by atoms with E-state index in [9.17, 15) is 18.0 Å². The highest BCUT2D eigenvalue weighted by atomic mass is 127. The number of rotatable bonds is 8. The van der Waals surface area contributed by atoms with Gasteiger partial charge in [0.25, 0.3) is 0 Å². The van der Waals surface area contributed by atoms with Gasteiger partial charge >= 0.3 is 12.3 Å². The third kappa shape index (κ3) is 13.3. The first-order valence-electron chi connectivity index (χ1n) is 9.19. The minimum absolute atomic E-state index is 0. The van der Waals surface area contributed by atoms with Crippen molar-refractivity contribution in [3.8, 4) is 5.75 Å². The lowest BCUT2D eigenvalue weighted by Crippen LogP contribution is -2.39. The molecule has 11 heteroatoms. The SMILES string of the molecule is CN=C(NCCCNC(=O)OC(C)(C)C)NCc1ccccc1OCC(F)(F)F.I. The van der Waals surface area contributed by atoms with Crippen LogP contribution in [0.5, 0.6) is 5.75 Å². The van der Waals surface area contributed by atoms with Crippen LogP contribution in [0.25, 0.3) is 0 Å². The number of benzene rings is 1. The molecule has 0 fully saturated rings. The van der Waals surface area contributed by atoms with Gasteiger partial charge in [-0.1, -0.05) is 18.2 Å². The summed E-state index contributed by atoms with van der Waals surface area (Å²) >= 11 is 0. The van der Waals surface area contributed by atoms with E-state index < -0.39 is 24.5 Å². The number of guanidine groups is 1. The highest BCUT2D eigenvalue weighted by Crippen LogP contribution is 2.22. The third-order valence-electron chi connectivity index (χ3n) is 3.35. The molecule has 7 nitrogen and oxygen atoms in total. The van der Waals surface area contributed by atoms with Gasteiger partial charge in [-0.15, -0.1) is 24.0 Å². The number of ether oxygens (including phenoxy) is 2. The first-order valence-corrected chi connectivity index (χ1v) is 9.19. The fraction of sp³-hybridized carbons (Fsp3) is 0.579. The predicted molar refractivity (Wildman–Crippen MR) is 120 cm³/mol. The summed E-state index contributed by atoms with van der Waals surface area (Å²) in [4.78, 5) is 15.6. The summed E-state index contributed by atoms with van der Waals surface area (Å²) < 4.78 is 47.1. The van der Waals surface area contributed by atoms with Gasteiger partial charge in [-0.2, -0.15) is 13.2 Å². The zero-order chi connectivity index (χ0) is 21.9. The maximum atomic E-state index is 12.4. The topological polar surface area (TPSA) is 84.0 Å². The maximum Gasteiger partial charge on any atom is 0.422 e. The molecule has 0 spiro atoms. The normalized spacial score (nSPS) is 11.9. The van der Waals surface area contributed by atoms with Crippen molar-refractivity contribution < 1.29 is 27.4 Å². The first kappa shape index (κ1) is 28.1. The van der Waals surface area contributed by atoms with Crippen LogP contribution >= 0.6 is 24.0 Å². The number of alkyl halides is 3. The molecule has 0 aliphatic rings. The molecule has 0 aromatic heterocycles. The Morgan fingerprint density at radius 2 is 1.70 bits per heavy atom. The van der Waals surface area contributed by atoms with Crippen molar-refractivity contribution in [2.75, 3.05) is 26.7 Å². The Balaban J connectivity index is 0.00000841. The summed E-state index contributed by atoms with van der Waals surface area (Å²) in [6, 6.07) is 6.49. The number of nitrogens with one attached hydrogen (secondary N) is 3. The number of para-hydroxylation sites is 1. The summed E-state index contributed by atoms with van der Waals surface area (Å²) in [6.07, 6.45) is -4.24. The molecule has 0 saturated carbocycles. The van der Waals surface area contributed by atoms with Gasteiger partial charge in [0.2, 0.25) is 0 Å². The fourth-order valence-corrected chi connectivity index (χ4v) is 2.15. The van der Waals surface area contributed by atoms with E-state index in [-0.39, 0.29) is 36.3 Å². The second kappa shape index (κ2) is 13.4. The third-order valence-corrected chi connectivity index (χ3v) is 3.35. The van der Waals surface area contributed by atoms with Crippen molar-refractivity contribution in [2.45, 2.75) is 45.5 Å². The minimum Gasteiger partial charge on any atom is -0.484 e. The van der Waals surface area contributed by atoms with Crippen molar-refractivity contribution in [2.24, 2.45) is 4.99 Å². The molecule has 30 heavy (non-hydrogen) atoms. The maximum absolute atomic E-state index is 12.4. The Morgan fingerprint density at radius 1 is 1.07 bits per heavy atom. The smallest absolute Gasteiger partial charge is 0.422 e. The molecule has 1 aromatic rings. The van der Waals surface area contributed by atoms with Crippen LogP contribution in [0.15, 0.2) is 29.3 Å². The van der Waals surface area contributed by atoms with E-state index in [1.54, 1.807) is 46.0 Å². The van der Waals surface area contributed by atoms with Crippen molar-refractivity contribution in [3.63, 3.8) is 0 Å². The van der Waals surface area contributed by atoms with Gasteiger partial charge in [-0.05, 0) is 33.3 Å². The Morgan fingerprint density at radius 3 is 2.30 bits per heavy atom. The fourth-order valence-electron chi connectivity index (χ4n) is 2.15. The average molecular weight is 546 g/mol. The van der Waals surface area contributed by atoms with Crippen LogP contribution in [-0.2, 0) is 11.3 Å². The van der Waals surface area contributed by atoms with Crippen molar-refractivity contribution in [1.82, 2.24) is 16.0 Å². The lowest BCUT2D eigenvalue weighted by atomic mass is 10.2. The first-order chi connectivity index (χ1) is 13.5. The number of hydrogen-bond acceptors (Lipinski definition) is 4. The number of alkyl carbamates (subject to hydrolysis) is 1. The zero-order valence-electron chi connectivity index (χ0n) is 17.6. The number of carbonyl (C=O) groups is 1. The molecule has 1 aromatic carbocycles. The molecule has 0 saturated heterocycles. The van der Waals surface area contributed by atoms with Crippen LogP contribution in [0.3, 0.4) is 0 Å². The average Bonchev–Trinajstić information content (AvgIpc) is 2.60. The number of amides is 1. The summed E-state index contributed by atoms with van der Waals surface area (Å²) in [5.74, 6) is 0.641. The molecule has 1 rings (SSSR count). The zero-order valence-corrected chi connectivity index (χ0v) is 19.9. The van der Waals surface area contributed by atoms with Gasteiger partial charge in [0.15, 0.2) is 12.6 Å². The van der Waals surface area contributed by atoms with Crippen molar-refractivity contribution in [3.05, 3.63) is 29.8 Å². The summed E-state index contributed by atoms with van der Waals surface area (Å²) in [6.45, 7) is 5.21. The van der Waals surface area contributed by atoms with Crippen LogP contribution in [-0.4, -0.2) is 50.6 Å². The van der Waals surface area contributed by atoms with Gasteiger partial charge in [-0.25, -0.2) is 4.79 Å². The molecule has 0 atom stereocenters. The molecular weight excluding hydrogens is 516 g/mol. The molecule has 0 aliphatic carbocycles. The van der Waals surface area contributed by atoms with E-state index in [1.165, 1.54) is 6.07 Å². The van der Waals surface area contributed by atoms with Crippen molar-refractivity contribution in [1.29, 1.82) is 0 Å². The van der Waals surface area contributed by atoms with E-state index in [0.29, 0.717) is 31.0 Å². The number of halogens is 4. The molecule has 0 aliphatic heterocycles. The summed E-state index contributed by atoms with van der Waals surface area (Å²) in [7, 11) is 1.58.